The Labute approximate surface area is 221 Å². The van der Waals surface area contributed by atoms with Crippen molar-refractivity contribution in [2.75, 3.05) is 14.2 Å². The summed E-state index contributed by atoms with van der Waals surface area (Å²) in [5.41, 5.74) is 2.15. The minimum Gasteiger partial charge on any atom is -0.504 e. The van der Waals surface area contributed by atoms with Crippen molar-refractivity contribution in [2.45, 2.75) is 36.9 Å². The Balaban J connectivity index is 1.52. The normalized spacial score (nSPS) is 27.9. The molecule has 5 atom stereocenters. The van der Waals surface area contributed by atoms with Crippen LogP contribution in [-0.4, -0.2) is 35.3 Å². The second-order valence-corrected chi connectivity index (χ2v) is 10.4. The van der Waals surface area contributed by atoms with Crippen LogP contribution in [0.5, 0.6) is 28.7 Å². The summed E-state index contributed by atoms with van der Waals surface area (Å²) in [4.78, 5) is 0. The van der Waals surface area contributed by atoms with E-state index in [1.54, 1.807) is 14.2 Å². The van der Waals surface area contributed by atoms with Gasteiger partial charge in [0.25, 0.3) is 0 Å². The van der Waals surface area contributed by atoms with Crippen LogP contribution in [0.1, 0.15) is 47.9 Å². The molecule has 4 N–H and O–H groups in total. The lowest BCUT2D eigenvalue weighted by atomic mass is 9.60. The summed E-state index contributed by atoms with van der Waals surface area (Å²) in [6.45, 7) is 0. The molecule has 0 radical (unpaired) electrons. The second kappa shape index (κ2) is 9.03. The molecule has 3 aromatic carbocycles. The maximum atomic E-state index is 11.0. The van der Waals surface area contributed by atoms with E-state index in [9.17, 15) is 10.2 Å². The Hall–Kier alpha value is -3.65. The Morgan fingerprint density at radius 1 is 0.865 bits per heavy atom. The summed E-state index contributed by atoms with van der Waals surface area (Å²) < 4.78 is 17.6. The molecular weight excluding hydrogens is 488 g/mol. The molecule has 1 saturated heterocycles. The Bertz CT molecular complexity index is 1330. The Morgan fingerprint density at radius 3 is 2.14 bits per heavy atom. The molecule has 6 rings (SSSR count). The number of ether oxygens (including phenoxy) is 3. The lowest BCUT2D eigenvalue weighted by Gasteiger charge is -2.59. The van der Waals surface area contributed by atoms with Gasteiger partial charge in [-0.2, -0.15) is 0 Å². The highest BCUT2D eigenvalue weighted by molar-refractivity contribution is 7.80. The average Bonchev–Trinajstić information content (AvgIpc) is 2.93. The lowest BCUT2D eigenvalue weighted by Crippen LogP contribution is -2.73. The van der Waals surface area contributed by atoms with E-state index in [0.29, 0.717) is 10.9 Å². The van der Waals surface area contributed by atoms with Crippen LogP contribution in [0.4, 0.5) is 0 Å². The number of methoxy groups -OCH3 is 2. The first-order chi connectivity index (χ1) is 17.9. The molecule has 2 heterocycles. The van der Waals surface area contributed by atoms with Crippen LogP contribution >= 0.6 is 12.2 Å². The molecule has 1 aliphatic carbocycles. The monoisotopic (exact) mass is 518 g/mol. The molecule has 0 aromatic heterocycles. The van der Waals surface area contributed by atoms with Crippen molar-refractivity contribution in [1.29, 1.82) is 0 Å². The number of hydrogen-bond donors (Lipinski definition) is 4. The number of thiocarbonyl (C=S) groups is 1. The quantitative estimate of drug-likeness (QED) is 0.284. The summed E-state index contributed by atoms with van der Waals surface area (Å²) in [5.74, 6) is 1.35. The molecule has 7 nitrogen and oxygen atoms in total. The zero-order valence-corrected chi connectivity index (χ0v) is 21.5. The van der Waals surface area contributed by atoms with Gasteiger partial charge in [0.05, 0.1) is 20.3 Å². The standard InChI is InChI=1S/C29H30N2O5S/c1-34-18-10-6-16(7-11-18)24-20-14-15-23(32)26(33)27(20)36-29-21(24)4-3-5-22(29)25(30-28(37)31-29)17-8-12-19(35-2)13-9-17/h6-15,21-22,24-25,32-33H,3-5H2,1-2H3,(H2,30,31,37)/t21-,22-,24-,25+,29+/m1/s1. The van der Waals surface area contributed by atoms with E-state index in [4.69, 9.17) is 26.4 Å². The number of fused-ring (bicyclic) bond motifs is 1. The van der Waals surface area contributed by atoms with Gasteiger partial charge in [-0.3, -0.25) is 0 Å². The van der Waals surface area contributed by atoms with E-state index in [1.807, 2.05) is 30.3 Å². The zero-order chi connectivity index (χ0) is 25.7. The molecule has 192 valence electrons. The summed E-state index contributed by atoms with van der Waals surface area (Å²) in [5, 5.41) is 28.9. The molecule has 1 spiro atoms. The third kappa shape index (κ3) is 3.73. The van der Waals surface area contributed by atoms with E-state index in [0.717, 1.165) is 47.5 Å². The molecule has 2 aliphatic heterocycles. The van der Waals surface area contributed by atoms with Gasteiger partial charge in [-0.05, 0) is 66.5 Å². The van der Waals surface area contributed by atoms with E-state index < -0.39 is 5.72 Å². The van der Waals surface area contributed by atoms with Crippen LogP contribution in [-0.2, 0) is 0 Å². The second-order valence-electron chi connectivity index (χ2n) is 9.99. The Kier molecular flexibility index (Phi) is 5.79. The van der Waals surface area contributed by atoms with Crippen molar-refractivity contribution in [1.82, 2.24) is 10.6 Å². The third-order valence-electron chi connectivity index (χ3n) is 8.23. The van der Waals surface area contributed by atoms with Crippen molar-refractivity contribution in [3.63, 3.8) is 0 Å². The first-order valence-corrected chi connectivity index (χ1v) is 13.0. The number of benzene rings is 3. The molecule has 37 heavy (non-hydrogen) atoms. The molecular formula is C29H30N2O5S. The molecule has 2 fully saturated rings. The van der Waals surface area contributed by atoms with Gasteiger partial charge in [0.2, 0.25) is 5.75 Å². The number of rotatable bonds is 4. The van der Waals surface area contributed by atoms with Gasteiger partial charge in [-0.15, -0.1) is 0 Å². The summed E-state index contributed by atoms with van der Waals surface area (Å²) in [6.07, 6.45) is 2.84. The summed E-state index contributed by atoms with van der Waals surface area (Å²) in [6, 6.07) is 19.4. The fourth-order valence-electron chi connectivity index (χ4n) is 6.57. The van der Waals surface area contributed by atoms with E-state index >= 15 is 0 Å². The number of phenolic OH excluding ortho intramolecular Hbond substituents is 2. The van der Waals surface area contributed by atoms with Gasteiger partial charge in [-0.1, -0.05) is 36.8 Å². The number of hydrogen-bond acceptors (Lipinski definition) is 6. The zero-order valence-electron chi connectivity index (χ0n) is 20.7. The van der Waals surface area contributed by atoms with Crippen molar-refractivity contribution < 1.29 is 24.4 Å². The SMILES string of the molecule is COc1ccc([C@@H]2c3ccc(O)c(O)c3O[C@]34NC(=S)N[C@@H](c5ccc(OC)cc5)[C@H]3CCC[C@H]24)cc1. The maximum absolute atomic E-state index is 11.0. The topological polar surface area (TPSA) is 92.2 Å². The van der Waals surface area contributed by atoms with Crippen molar-refractivity contribution in [3.8, 4) is 28.7 Å². The van der Waals surface area contributed by atoms with E-state index in [1.165, 1.54) is 6.07 Å². The largest absolute Gasteiger partial charge is 0.504 e. The van der Waals surface area contributed by atoms with Crippen LogP contribution in [0, 0.1) is 11.8 Å². The summed E-state index contributed by atoms with van der Waals surface area (Å²) >= 11 is 5.75. The molecule has 3 aliphatic rings. The fraction of sp³-hybridized carbons (Fsp3) is 0.345. The minimum absolute atomic E-state index is 0.00184. The van der Waals surface area contributed by atoms with Crippen LogP contribution in [0.3, 0.4) is 0 Å². The predicted octanol–water partition coefficient (Wildman–Crippen LogP) is 4.97. The van der Waals surface area contributed by atoms with Crippen LogP contribution < -0.4 is 24.8 Å². The van der Waals surface area contributed by atoms with Crippen molar-refractivity contribution in [3.05, 3.63) is 77.4 Å². The van der Waals surface area contributed by atoms with Gasteiger partial charge in [-0.25, -0.2) is 0 Å². The minimum atomic E-state index is -0.881. The average molecular weight is 519 g/mol. The van der Waals surface area contributed by atoms with E-state index in [-0.39, 0.29) is 35.3 Å². The molecule has 3 aromatic rings. The lowest BCUT2D eigenvalue weighted by molar-refractivity contribution is -0.122. The predicted molar refractivity (Wildman–Crippen MR) is 143 cm³/mol. The van der Waals surface area contributed by atoms with Gasteiger partial charge >= 0.3 is 0 Å². The highest BCUT2D eigenvalue weighted by Gasteiger charge is 2.61. The van der Waals surface area contributed by atoms with Gasteiger partial charge in [0.15, 0.2) is 22.3 Å². The molecule has 8 heteroatoms. The number of aromatic hydroxyl groups is 2. The van der Waals surface area contributed by atoms with Crippen LogP contribution in [0.2, 0.25) is 0 Å². The molecule has 0 bridgehead atoms. The highest BCUT2D eigenvalue weighted by Crippen LogP contribution is 2.60. The first kappa shape index (κ1) is 23.7. The van der Waals surface area contributed by atoms with E-state index in [2.05, 4.69) is 34.9 Å². The summed E-state index contributed by atoms with van der Waals surface area (Å²) in [7, 11) is 3.31. The molecule has 0 unspecified atom stereocenters. The fourth-order valence-corrected chi connectivity index (χ4v) is 6.86. The van der Waals surface area contributed by atoms with Gasteiger partial charge in [0.1, 0.15) is 11.5 Å². The third-order valence-corrected chi connectivity index (χ3v) is 8.45. The van der Waals surface area contributed by atoms with Crippen LogP contribution in [0.15, 0.2) is 60.7 Å². The number of phenols is 2. The van der Waals surface area contributed by atoms with Crippen molar-refractivity contribution in [2.24, 2.45) is 11.8 Å². The van der Waals surface area contributed by atoms with Gasteiger partial charge in [0, 0.05) is 23.3 Å². The molecule has 0 amide bonds. The maximum Gasteiger partial charge on any atom is 0.200 e. The van der Waals surface area contributed by atoms with Crippen molar-refractivity contribution >= 4 is 17.3 Å². The molecule has 1 saturated carbocycles. The first-order valence-electron chi connectivity index (χ1n) is 12.6. The van der Waals surface area contributed by atoms with Crippen LogP contribution in [0.25, 0.3) is 0 Å². The smallest absolute Gasteiger partial charge is 0.200 e. The number of nitrogens with one attached hydrogen (secondary N) is 2. The van der Waals surface area contributed by atoms with Gasteiger partial charge < -0.3 is 35.1 Å². The highest BCUT2D eigenvalue weighted by atomic mass is 32.1. The Morgan fingerprint density at radius 2 is 1.49 bits per heavy atom.